The van der Waals surface area contributed by atoms with Gasteiger partial charge in [-0.3, -0.25) is 0 Å². The molecule has 20 heavy (non-hydrogen) atoms. The molecule has 0 aromatic carbocycles. The molecule has 1 heterocycles. The minimum Gasteiger partial charge on any atom is -0.459 e. The number of carbonyl (C=O) groups is 1. The lowest BCUT2D eigenvalue weighted by atomic mass is 9.94. The highest BCUT2D eigenvalue weighted by molar-refractivity contribution is 5.82. The maximum atomic E-state index is 11.2. The van der Waals surface area contributed by atoms with Crippen LogP contribution in [0.25, 0.3) is 0 Å². The number of carbonyl (C=O) groups excluding carboxylic acids is 1. The van der Waals surface area contributed by atoms with Crippen molar-refractivity contribution in [2.45, 2.75) is 70.7 Å². The Kier molecular flexibility index (Phi) is 7.85. The highest BCUT2D eigenvalue weighted by Gasteiger charge is 2.26. The maximum Gasteiger partial charge on any atom is 0.330 e. The number of unbranched alkanes of at least 4 members (excludes halogenated alkanes) is 2. The second-order valence-electron chi connectivity index (χ2n) is 5.67. The van der Waals surface area contributed by atoms with Gasteiger partial charge in [0.2, 0.25) is 0 Å². The van der Waals surface area contributed by atoms with Gasteiger partial charge >= 0.3 is 5.97 Å². The van der Waals surface area contributed by atoms with Crippen molar-refractivity contribution in [2.75, 3.05) is 7.11 Å². The van der Waals surface area contributed by atoms with Crippen molar-refractivity contribution in [1.82, 2.24) is 0 Å². The van der Waals surface area contributed by atoms with E-state index in [4.69, 9.17) is 9.47 Å². The van der Waals surface area contributed by atoms with Gasteiger partial charge in [0.25, 0.3) is 0 Å². The molecule has 4 nitrogen and oxygen atoms in total. The van der Waals surface area contributed by atoms with E-state index in [2.05, 4.69) is 6.92 Å². The molecule has 116 valence electrons. The van der Waals surface area contributed by atoms with Crippen LogP contribution in [0.4, 0.5) is 0 Å². The molecular weight excluding hydrogens is 256 g/mol. The van der Waals surface area contributed by atoms with Gasteiger partial charge in [0.05, 0.1) is 12.2 Å². The van der Waals surface area contributed by atoms with E-state index in [0.29, 0.717) is 12.8 Å². The van der Waals surface area contributed by atoms with E-state index in [0.717, 1.165) is 12.8 Å². The predicted octanol–water partition coefficient (Wildman–Crippen LogP) is 2.84. The SMILES string of the molecule is CCCCC[C@H](C[C@H](O)C[C@H]1OC(=O)C=C[C@H]1C)OC. The standard InChI is InChI=1S/C16H28O4/c1-4-5-6-7-14(19-3)10-13(17)11-15-12(2)8-9-16(18)20-15/h8-9,12-15,17H,4-7,10-11H2,1-3H3/t12-,13+,14-,15-/m1/s1. The average Bonchev–Trinajstić information content (AvgIpc) is 2.42. The van der Waals surface area contributed by atoms with Crippen LogP contribution in [-0.4, -0.2) is 36.5 Å². The number of methoxy groups -OCH3 is 1. The molecule has 0 saturated carbocycles. The molecule has 1 aliphatic rings. The minimum atomic E-state index is -0.492. The summed E-state index contributed by atoms with van der Waals surface area (Å²) in [5.74, 6) is -0.157. The largest absolute Gasteiger partial charge is 0.459 e. The molecule has 0 fully saturated rings. The zero-order valence-electron chi connectivity index (χ0n) is 12.9. The first-order valence-electron chi connectivity index (χ1n) is 7.66. The van der Waals surface area contributed by atoms with Crippen molar-refractivity contribution in [1.29, 1.82) is 0 Å². The molecule has 0 aromatic heterocycles. The van der Waals surface area contributed by atoms with E-state index < -0.39 is 6.10 Å². The summed E-state index contributed by atoms with van der Waals surface area (Å²) in [6.45, 7) is 4.17. The van der Waals surface area contributed by atoms with Crippen LogP contribution in [0.1, 0.15) is 52.4 Å². The number of hydrogen-bond acceptors (Lipinski definition) is 4. The number of aliphatic hydroxyl groups excluding tert-OH is 1. The summed E-state index contributed by atoms with van der Waals surface area (Å²) in [6.07, 6.45) is 8.22. The lowest BCUT2D eigenvalue weighted by molar-refractivity contribution is -0.148. The molecule has 0 aliphatic carbocycles. The Balaban J connectivity index is 2.35. The zero-order valence-corrected chi connectivity index (χ0v) is 12.9. The van der Waals surface area contributed by atoms with Crippen LogP contribution in [0, 0.1) is 5.92 Å². The van der Waals surface area contributed by atoms with Crippen LogP contribution < -0.4 is 0 Å². The van der Waals surface area contributed by atoms with Crippen molar-refractivity contribution in [3.05, 3.63) is 12.2 Å². The molecule has 4 heteroatoms. The molecule has 0 bridgehead atoms. The smallest absolute Gasteiger partial charge is 0.330 e. The Labute approximate surface area is 122 Å². The molecule has 0 radical (unpaired) electrons. The fourth-order valence-electron chi connectivity index (χ4n) is 2.53. The van der Waals surface area contributed by atoms with Crippen LogP contribution in [0.3, 0.4) is 0 Å². The third kappa shape index (κ3) is 6.06. The number of esters is 1. The van der Waals surface area contributed by atoms with Crippen LogP contribution in [0.15, 0.2) is 12.2 Å². The van der Waals surface area contributed by atoms with Gasteiger partial charge in [-0.15, -0.1) is 0 Å². The van der Waals surface area contributed by atoms with E-state index in [9.17, 15) is 9.90 Å². The van der Waals surface area contributed by atoms with Gasteiger partial charge in [-0.05, 0) is 12.8 Å². The third-order valence-corrected chi connectivity index (χ3v) is 3.89. The Morgan fingerprint density at radius 2 is 2.20 bits per heavy atom. The van der Waals surface area contributed by atoms with Crippen LogP contribution in [0.2, 0.25) is 0 Å². The first-order valence-corrected chi connectivity index (χ1v) is 7.66. The Hall–Kier alpha value is -0.870. The van der Waals surface area contributed by atoms with Crippen LogP contribution >= 0.6 is 0 Å². The first-order chi connectivity index (χ1) is 9.56. The molecule has 0 amide bonds. The molecule has 0 saturated heterocycles. The normalized spacial score (nSPS) is 25.3. The van der Waals surface area contributed by atoms with E-state index in [1.807, 2.05) is 13.0 Å². The van der Waals surface area contributed by atoms with E-state index in [-0.39, 0.29) is 24.1 Å². The summed E-state index contributed by atoms with van der Waals surface area (Å²) in [6, 6.07) is 0. The quantitative estimate of drug-likeness (QED) is 0.522. The predicted molar refractivity (Wildman–Crippen MR) is 78.4 cm³/mol. The Morgan fingerprint density at radius 1 is 1.45 bits per heavy atom. The molecule has 1 aliphatic heterocycles. The number of ether oxygens (including phenoxy) is 2. The number of cyclic esters (lactones) is 1. The van der Waals surface area contributed by atoms with Gasteiger partial charge in [0, 0.05) is 25.5 Å². The molecular formula is C16H28O4. The molecule has 0 spiro atoms. The van der Waals surface area contributed by atoms with Gasteiger partial charge in [-0.25, -0.2) is 4.79 Å². The molecule has 4 atom stereocenters. The summed E-state index contributed by atoms with van der Waals surface area (Å²) < 4.78 is 10.7. The van der Waals surface area contributed by atoms with Crippen LogP contribution in [-0.2, 0) is 14.3 Å². The second kappa shape index (κ2) is 9.14. The molecule has 0 aromatic rings. The summed E-state index contributed by atoms with van der Waals surface area (Å²) >= 11 is 0. The van der Waals surface area contributed by atoms with Gasteiger partial charge in [-0.2, -0.15) is 0 Å². The fraction of sp³-hybridized carbons (Fsp3) is 0.812. The summed E-state index contributed by atoms with van der Waals surface area (Å²) in [4.78, 5) is 11.2. The lowest BCUT2D eigenvalue weighted by Crippen LogP contribution is -2.32. The van der Waals surface area contributed by atoms with Gasteiger partial charge in [0.15, 0.2) is 0 Å². The number of rotatable bonds is 9. The van der Waals surface area contributed by atoms with E-state index in [1.54, 1.807) is 7.11 Å². The average molecular weight is 284 g/mol. The zero-order chi connectivity index (χ0) is 15.0. The monoisotopic (exact) mass is 284 g/mol. The van der Waals surface area contributed by atoms with Gasteiger partial charge in [-0.1, -0.05) is 39.2 Å². The highest BCUT2D eigenvalue weighted by Crippen LogP contribution is 2.22. The van der Waals surface area contributed by atoms with Gasteiger partial charge in [0.1, 0.15) is 6.10 Å². The Morgan fingerprint density at radius 3 is 2.85 bits per heavy atom. The summed E-state index contributed by atoms with van der Waals surface area (Å²) in [5, 5.41) is 10.2. The fourth-order valence-corrected chi connectivity index (χ4v) is 2.53. The molecule has 1 rings (SSSR count). The van der Waals surface area contributed by atoms with Gasteiger partial charge < -0.3 is 14.6 Å². The van der Waals surface area contributed by atoms with Crippen molar-refractivity contribution >= 4 is 5.97 Å². The molecule has 0 unspecified atom stereocenters. The molecule has 1 N–H and O–H groups in total. The third-order valence-electron chi connectivity index (χ3n) is 3.89. The minimum absolute atomic E-state index is 0.0849. The topological polar surface area (TPSA) is 55.8 Å². The first kappa shape index (κ1) is 17.2. The lowest BCUT2D eigenvalue weighted by Gasteiger charge is -2.28. The number of aliphatic hydroxyl groups is 1. The Bertz CT molecular complexity index is 314. The van der Waals surface area contributed by atoms with Crippen molar-refractivity contribution in [3.63, 3.8) is 0 Å². The van der Waals surface area contributed by atoms with Crippen LogP contribution in [0.5, 0.6) is 0 Å². The van der Waals surface area contributed by atoms with Crippen molar-refractivity contribution in [3.8, 4) is 0 Å². The van der Waals surface area contributed by atoms with Crippen molar-refractivity contribution in [2.24, 2.45) is 5.92 Å². The van der Waals surface area contributed by atoms with E-state index in [1.165, 1.54) is 18.9 Å². The summed E-state index contributed by atoms with van der Waals surface area (Å²) in [5.41, 5.74) is 0. The highest BCUT2D eigenvalue weighted by atomic mass is 16.5. The summed E-state index contributed by atoms with van der Waals surface area (Å²) in [7, 11) is 1.69. The number of hydrogen-bond donors (Lipinski definition) is 1. The van der Waals surface area contributed by atoms with Crippen molar-refractivity contribution < 1.29 is 19.4 Å². The van der Waals surface area contributed by atoms with E-state index >= 15 is 0 Å². The maximum absolute atomic E-state index is 11.2. The second-order valence-corrected chi connectivity index (χ2v) is 5.67.